The molecule has 164 valence electrons. The fourth-order valence-corrected chi connectivity index (χ4v) is 4.70. The van der Waals surface area contributed by atoms with E-state index in [1.165, 1.54) is 23.1 Å². The smallest absolute Gasteiger partial charge is 0.350 e. The maximum Gasteiger partial charge on any atom is 0.350 e. The predicted molar refractivity (Wildman–Crippen MR) is 119 cm³/mol. The standard InChI is InChI=1S/C21H22N2O6S2/c1-2-28-20(26)19-15(12-16(31-19)14-6-4-3-5-7-14)22-17(24)13-29-18(25)8-9-23-10-11-30-21(23)27/h3-7,12H,2,8-11,13H2,1H3,(H,22,24). The first kappa shape index (κ1) is 22.8. The Hall–Kier alpha value is -2.85. The van der Waals surface area contributed by atoms with E-state index >= 15 is 0 Å². The number of thiophene rings is 1. The molecule has 1 N–H and O–H groups in total. The van der Waals surface area contributed by atoms with E-state index in [1.54, 1.807) is 17.9 Å². The lowest BCUT2D eigenvalue weighted by Crippen LogP contribution is -2.28. The molecular formula is C21H22N2O6S2. The van der Waals surface area contributed by atoms with Crippen LogP contribution in [-0.4, -0.2) is 60.0 Å². The van der Waals surface area contributed by atoms with E-state index in [0.29, 0.717) is 18.0 Å². The van der Waals surface area contributed by atoms with Gasteiger partial charge in [-0.05, 0) is 18.6 Å². The van der Waals surface area contributed by atoms with E-state index in [9.17, 15) is 19.2 Å². The summed E-state index contributed by atoms with van der Waals surface area (Å²) in [6.45, 7) is 2.30. The third-order valence-electron chi connectivity index (χ3n) is 4.32. The molecule has 3 rings (SSSR count). The molecule has 1 aromatic carbocycles. The quantitative estimate of drug-likeness (QED) is 0.568. The molecule has 0 atom stereocenters. The average molecular weight is 463 g/mol. The highest BCUT2D eigenvalue weighted by Gasteiger charge is 2.23. The van der Waals surface area contributed by atoms with E-state index < -0.39 is 24.5 Å². The Morgan fingerprint density at radius 1 is 1.16 bits per heavy atom. The molecule has 10 heteroatoms. The molecular weight excluding hydrogens is 440 g/mol. The highest BCUT2D eigenvalue weighted by molar-refractivity contribution is 8.13. The predicted octanol–water partition coefficient (Wildman–Crippen LogP) is 3.63. The Morgan fingerprint density at radius 3 is 2.61 bits per heavy atom. The molecule has 2 aromatic rings. The van der Waals surface area contributed by atoms with Gasteiger partial charge < -0.3 is 19.7 Å². The second-order valence-corrected chi connectivity index (χ2v) is 8.60. The Morgan fingerprint density at radius 2 is 1.94 bits per heavy atom. The fraction of sp³-hybridized carbons (Fsp3) is 0.333. The third-order valence-corrected chi connectivity index (χ3v) is 6.38. The van der Waals surface area contributed by atoms with Gasteiger partial charge in [0.25, 0.3) is 11.1 Å². The second-order valence-electron chi connectivity index (χ2n) is 6.50. The van der Waals surface area contributed by atoms with Gasteiger partial charge in [0.1, 0.15) is 4.88 Å². The number of anilines is 1. The molecule has 2 amide bonds. The number of thioether (sulfide) groups is 1. The summed E-state index contributed by atoms with van der Waals surface area (Å²) >= 11 is 2.43. The molecule has 31 heavy (non-hydrogen) atoms. The zero-order valence-electron chi connectivity index (χ0n) is 16.9. The van der Waals surface area contributed by atoms with Gasteiger partial charge in [-0.2, -0.15) is 0 Å². The minimum absolute atomic E-state index is 0.0181. The lowest BCUT2D eigenvalue weighted by molar-refractivity contribution is -0.147. The summed E-state index contributed by atoms with van der Waals surface area (Å²) in [5, 5.41) is 2.57. The number of nitrogens with zero attached hydrogens (tertiary/aromatic N) is 1. The van der Waals surface area contributed by atoms with Gasteiger partial charge in [-0.25, -0.2) is 4.79 Å². The lowest BCUT2D eigenvalue weighted by Gasteiger charge is -2.13. The van der Waals surface area contributed by atoms with Crippen LogP contribution in [0.25, 0.3) is 10.4 Å². The molecule has 2 heterocycles. The zero-order chi connectivity index (χ0) is 22.2. The summed E-state index contributed by atoms with van der Waals surface area (Å²) in [7, 11) is 0. The summed E-state index contributed by atoms with van der Waals surface area (Å²) in [4.78, 5) is 50.7. The zero-order valence-corrected chi connectivity index (χ0v) is 18.6. The molecule has 1 aliphatic heterocycles. The number of hydrogen-bond acceptors (Lipinski definition) is 8. The van der Waals surface area contributed by atoms with Crippen molar-refractivity contribution >= 4 is 51.9 Å². The number of carbonyl (C=O) groups excluding carboxylic acids is 4. The fourth-order valence-electron chi connectivity index (χ4n) is 2.84. The van der Waals surface area contributed by atoms with Crippen LogP contribution in [0, 0.1) is 0 Å². The van der Waals surface area contributed by atoms with E-state index in [1.807, 2.05) is 30.3 Å². The van der Waals surface area contributed by atoms with Crippen molar-refractivity contribution in [3.05, 3.63) is 41.3 Å². The van der Waals surface area contributed by atoms with Gasteiger partial charge in [0, 0.05) is 23.7 Å². The summed E-state index contributed by atoms with van der Waals surface area (Å²) < 4.78 is 10.1. The minimum Gasteiger partial charge on any atom is -0.462 e. The van der Waals surface area contributed by atoms with Crippen LogP contribution in [0.3, 0.4) is 0 Å². The van der Waals surface area contributed by atoms with Crippen LogP contribution in [0.15, 0.2) is 36.4 Å². The molecule has 0 spiro atoms. The molecule has 1 aliphatic rings. The van der Waals surface area contributed by atoms with Crippen LogP contribution in [0.4, 0.5) is 10.5 Å². The van der Waals surface area contributed by atoms with Gasteiger partial charge in [-0.3, -0.25) is 14.4 Å². The first-order chi connectivity index (χ1) is 15.0. The number of nitrogens with one attached hydrogen (secondary N) is 1. The first-order valence-electron chi connectivity index (χ1n) is 9.71. The van der Waals surface area contributed by atoms with Crippen LogP contribution in [0.1, 0.15) is 23.0 Å². The van der Waals surface area contributed by atoms with E-state index in [4.69, 9.17) is 9.47 Å². The van der Waals surface area contributed by atoms with Crippen molar-refractivity contribution in [2.24, 2.45) is 0 Å². The normalized spacial score (nSPS) is 13.2. The van der Waals surface area contributed by atoms with Crippen molar-refractivity contribution in [2.75, 3.05) is 37.4 Å². The van der Waals surface area contributed by atoms with Crippen molar-refractivity contribution < 1.29 is 28.7 Å². The van der Waals surface area contributed by atoms with Crippen LogP contribution >= 0.6 is 23.1 Å². The SMILES string of the molecule is CCOC(=O)c1sc(-c2ccccc2)cc1NC(=O)COC(=O)CCN1CCSC1=O. The monoisotopic (exact) mass is 462 g/mol. The largest absolute Gasteiger partial charge is 0.462 e. The molecule has 0 aliphatic carbocycles. The Kier molecular flexibility index (Phi) is 8.07. The number of esters is 2. The van der Waals surface area contributed by atoms with Crippen molar-refractivity contribution in [1.82, 2.24) is 4.90 Å². The Labute approximate surface area is 187 Å². The second kappa shape index (κ2) is 11.0. The molecule has 0 saturated carbocycles. The van der Waals surface area contributed by atoms with Gasteiger partial charge in [0.2, 0.25) is 0 Å². The van der Waals surface area contributed by atoms with Crippen molar-refractivity contribution in [3.63, 3.8) is 0 Å². The molecule has 1 aromatic heterocycles. The molecule has 1 saturated heterocycles. The van der Waals surface area contributed by atoms with Gasteiger partial charge in [-0.15, -0.1) is 11.3 Å². The average Bonchev–Trinajstić information content (AvgIpc) is 3.37. The Bertz CT molecular complexity index is 960. The van der Waals surface area contributed by atoms with Crippen LogP contribution in [0.2, 0.25) is 0 Å². The van der Waals surface area contributed by atoms with Gasteiger partial charge in [-0.1, -0.05) is 42.1 Å². The highest BCUT2D eigenvalue weighted by atomic mass is 32.2. The van der Waals surface area contributed by atoms with E-state index in [0.717, 1.165) is 10.4 Å². The number of carbonyl (C=O) groups is 4. The topological polar surface area (TPSA) is 102 Å². The number of rotatable bonds is 9. The summed E-state index contributed by atoms with van der Waals surface area (Å²) in [5.41, 5.74) is 1.21. The van der Waals surface area contributed by atoms with Crippen molar-refractivity contribution in [2.45, 2.75) is 13.3 Å². The molecule has 8 nitrogen and oxygen atoms in total. The molecule has 0 bridgehead atoms. The lowest BCUT2D eigenvalue weighted by atomic mass is 10.2. The van der Waals surface area contributed by atoms with Crippen LogP contribution < -0.4 is 5.32 Å². The van der Waals surface area contributed by atoms with Crippen LogP contribution in [-0.2, 0) is 19.1 Å². The number of hydrogen-bond donors (Lipinski definition) is 1. The number of benzene rings is 1. The van der Waals surface area contributed by atoms with E-state index in [-0.39, 0.29) is 29.7 Å². The first-order valence-corrected chi connectivity index (χ1v) is 11.5. The van der Waals surface area contributed by atoms with Gasteiger partial charge >= 0.3 is 11.9 Å². The Balaban J connectivity index is 1.59. The summed E-state index contributed by atoms with van der Waals surface area (Å²) in [6.07, 6.45) is 0.0181. The summed E-state index contributed by atoms with van der Waals surface area (Å²) in [5.74, 6) is -0.954. The molecule has 0 radical (unpaired) electrons. The number of ether oxygens (including phenoxy) is 2. The van der Waals surface area contributed by atoms with E-state index in [2.05, 4.69) is 5.32 Å². The summed E-state index contributed by atoms with van der Waals surface area (Å²) in [6, 6.07) is 11.1. The van der Waals surface area contributed by atoms with Crippen molar-refractivity contribution in [1.29, 1.82) is 0 Å². The van der Waals surface area contributed by atoms with Gasteiger partial charge in [0.15, 0.2) is 6.61 Å². The van der Waals surface area contributed by atoms with Crippen LogP contribution in [0.5, 0.6) is 0 Å². The molecule has 0 unspecified atom stereocenters. The van der Waals surface area contributed by atoms with Gasteiger partial charge in [0.05, 0.1) is 18.7 Å². The third kappa shape index (κ3) is 6.31. The maximum absolute atomic E-state index is 12.3. The number of amides is 2. The minimum atomic E-state index is -0.569. The molecule has 1 fully saturated rings. The highest BCUT2D eigenvalue weighted by Crippen LogP contribution is 2.35. The maximum atomic E-state index is 12.3. The van der Waals surface area contributed by atoms with Crippen molar-refractivity contribution in [3.8, 4) is 10.4 Å².